The number of phenols is 1. The Hall–Kier alpha value is -3.23. The fraction of sp³-hybridized carbons (Fsp3) is 0.417. The number of fused-ring (bicyclic) bond motifs is 1. The average Bonchev–Trinajstić information content (AvgIpc) is 3.21. The molecule has 33 heavy (non-hydrogen) atoms. The van der Waals surface area contributed by atoms with Gasteiger partial charge in [0.1, 0.15) is 5.75 Å². The number of aromatic nitrogens is 2. The molecule has 1 atom stereocenters. The molecular formula is C24H29F3N4O2. The van der Waals surface area contributed by atoms with E-state index in [0.717, 1.165) is 35.2 Å². The second-order valence-corrected chi connectivity index (χ2v) is 8.09. The van der Waals surface area contributed by atoms with Crippen molar-refractivity contribution in [2.24, 2.45) is 0 Å². The number of nitrogens with zero attached hydrogens (tertiary/aromatic N) is 3. The van der Waals surface area contributed by atoms with E-state index in [-0.39, 0.29) is 23.9 Å². The minimum atomic E-state index is -4.57. The highest BCUT2D eigenvalue weighted by Gasteiger charge is 2.35. The van der Waals surface area contributed by atoms with Crippen molar-refractivity contribution in [1.82, 2.24) is 15.2 Å². The summed E-state index contributed by atoms with van der Waals surface area (Å²) in [4.78, 5) is 14.1. The Labute approximate surface area is 191 Å². The van der Waals surface area contributed by atoms with Gasteiger partial charge in [-0.05, 0) is 54.3 Å². The van der Waals surface area contributed by atoms with Gasteiger partial charge in [-0.2, -0.15) is 18.0 Å². The molecule has 0 aliphatic rings. The molecule has 0 radical (unpaired) electrons. The van der Waals surface area contributed by atoms with Gasteiger partial charge in [-0.1, -0.05) is 38.1 Å². The van der Waals surface area contributed by atoms with E-state index < -0.39 is 17.8 Å². The molecule has 6 nitrogen and oxygen atoms in total. The topological polar surface area (TPSA) is 70.4 Å². The Kier molecular flexibility index (Phi) is 7.50. The van der Waals surface area contributed by atoms with E-state index in [4.69, 9.17) is 0 Å². The normalized spacial score (nSPS) is 12.7. The van der Waals surface area contributed by atoms with E-state index in [1.807, 2.05) is 32.0 Å². The number of alkyl halides is 3. The Bertz CT molecular complexity index is 1100. The lowest BCUT2D eigenvalue weighted by Crippen LogP contribution is -2.39. The summed E-state index contributed by atoms with van der Waals surface area (Å²) in [6, 6.07) is 11.5. The van der Waals surface area contributed by atoms with Gasteiger partial charge in [0.25, 0.3) is 0 Å². The van der Waals surface area contributed by atoms with Crippen LogP contribution < -0.4 is 10.3 Å². The third-order valence-electron chi connectivity index (χ3n) is 5.47. The van der Waals surface area contributed by atoms with Gasteiger partial charge in [-0.15, -0.1) is 5.10 Å². The molecule has 3 rings (SSSR count). The summed E-state index contributed by atoms with van der Waals surface area (Å²) in [6.07, 6.45) is -3.06. The number of benzene rings is 2. The number of aromatic hydroxyl groups is 1. The predicted octanol–water partition coefficient (Wildman–Crippen LogP) is 4.94. The van der Waals surface area contributed by atoms with Crippen LogP contribution in [-0.2, 0) is 17.5 Å². The lowest BCUT2D eigenvalue weighted by atomic mass is 9.97. The largest absolute Gasteiger partial charge is 0.508 e. The number of carbonyl (C=O) groups excluding carboxylic acids is 1. The molecule has 0 aliphatic heterocycles. The standard InChI is InChI=1S/C24H29F3N4O2/c1-4-10-30(11-5-2)31-20(14-22(29-31)24(25,26)27)15-28-23(33)16(3)17-6-7-19-13-21(32)9-8-18(19)12-17/h6-9,12-14,16,32H,4-5,10-11,15H2,1-3H3,(H,28,33). The molecule has 2 N–H and O–H groups in total. The van der Waals surface area contributed by atoms with Gasteiger partial charge in [0, 0.05) is 13.1 Å². The predicted molar refractivity (Wildman–Crippen MR) is 122 cm³/mol. The first kappa shape index (κ1) is 24.4. The number of hydrogen-bond acceptors (Lipinski definition) is 4. The lowest BCUT2D eigenvalue weighted by molar-refractivity contribution is -0.141. The van der Waals surface area contributed by atoms with Crippen LogP contribution in [-0.4, -0.2) is 34.0 Å². The highest BCUT2D eigenvalue weighted by Crippen LogP contribution is 2.29. The molecule has 3 aromatic rings. The number of rotatable bonds is 9. The van der Waals surface area contributed by atoms with E-state index >= 15 is 0 Å². The van der Waals surface area contributed by atoms with Crippen molar-refractivity contribution in [3.63, 3.8) is 0 Å². The van der Waals surface area contributed by atoms with Crippen LogP contribution in [0.15, 0.2) is 42.5 Å². The number of halogens is 3. The zero-order chi connectivity index (χ0) is 24.2. The van der Waals surface area contributed by atoms with Crippen molar-refractivity contribution in [3.8, 4) is 5.75 Å². The number of phenolic OH excluding ortho intramolecular Hbond substituents is 1. The molecule has 2 aromatic carbocycles. The van der Waals surface area contributed by atoms with E-state index in [1.54, 1.807) is 30.1 Å². The number of carbonyl (C=O) groups is 1. The summed E-state index contributed by atoms with van der Waals surface area (Å²) < 4.78 is 40.0. The van der Waals surface area contributed by atoms with Gasteiger partial charge in [0.05, 0.1) is 18.2 Å². The molecule has 0 fully saturated rings. The zero-order valence-corrected chi connectivity index (χ0v) is 19.0. The highest BCUT2D eigenvalue weighted by molar-refractivity contribution is 5.88. The first-order valence-corrected chi connectivity index (χ1v) is 11.1. The molecule has 1 aromatic heterocycles. The Morgan fingerprint density at radius 1 is 1.09 bits per heavy atom. The van der Waals surface area contributed by atoms with Crippen molar-refractivity contribution < 1.29 is 23.1 Å². The second kappa shape index (κ2) is 10.1. The average molecular weight is 463 g/mol. The summed E-state index contributed by atoms with van der Waals surface area (Å²) in [6.45, 7) is 6.68. The molecule has 1 heterocycles. The number of amides is 1. The monoisotopic (exact) mass is 462 g/mol. The van der Waals surface area contributed by atoms with Gasteiger partial charge >= 0.3 is 6.18 Å². The van der Waals surface area contributed by atoms with Gasteiger partial charge in [-0.3, -0.25) is 9.80 Å². The lowest BCUT2D eigenvalue weighted by Gasteiger charge is -2.25. The summed E-state index contributed by atoms with van der Waals surface area (Å²) >= 11 is 0. The molecule has 0 aliphatic carbocycles. The maximum Gasteiger partial charge on any atom is 0.435 e. The van der Waals surface area contributed by atoms with Gasteiger partial charge in [0.15, 0.2) is 5.69 Å². The first-order valence-electron chi connectivity index (χ1n) is 11.1. The maximum absolute atomic E-state index is 13.3. The van der Waals surface area contributed by atoms with Crippen LogP contribution in [0.5, 0.6) is 5.75 Å². The van der Waals surface area contributed by atoms with Gasteiger partial charge < -0.3 is 10.4 Å². The van der Waals surface area contributed by atoms with Crippen LogP contribution in [0.4, 0.5) is 13.2 Å². The Morgan fingerprint density at radius 2 is 1.73 bits per heavy atom. The van der Waals surface area contributed by atoms with Crippen molar-refractivity contribution in [3.05, 3.63) is 59.4 Å². The van der Waals surface area contributed by atoms with Crippen LogP contribution in [0.25, 0.3) is 10.8 Å². The van der Waals surface area contributed by atoms with E-state index in [0.29, 0.717) is 13.1 Å². The van der Waals surface area contributed by atoms with Crippen LogP contribution >= 0.6 is 0 Å². The quantitative estimate of drug-likeness (QED) is 0.473. The van der Waals surface area contributed by atoms with Crippen molar-refractivity contribution in [2.45, 2.75) is 52.3 Å². The first-order chi connectivity index (χ1) is 15.6. The van der Waals surface area contributed by atoms with Crippen molar-refractivity contribution in [2.75, 3.05) is 18.1 Å². The number of hydrogen-bond donors (Lipinski definition) is 2. The van der Waals surface area contributed by atoms with E-state index in [2.05, 4.69) is 10.4 Å². The summed E-state index contributed by atoms with van der Waals surface area (Å²) in [5.41, 5.74) is 0.0716. The van der Waals surface area contributed by atoms with Crippen molar-refractivity contribution in [1.29, 1.82) is 0 Å². The molecular weight excluding hydrogens is 433 g/mol. The third kappa shape index (κ3) is 5.77. The second-order valence-electron chi connectivity index (χ2n) is 8.09. The molecule has 9 heteroatoms. The SMILES string of the molecule is CCCN(CCC)n1nc(C(F)(F)F)cc1CNC(=O)C(C)c1ccc2cc(O)ccc2c1. The fourth-order valence-electron chi connectivity index (χ4n) is 3.74. The van der Waals surface area contributed by atoms with Crippen LogP contribution in [0.2, 0.25) is 0 Å². The Morgan fingerprint density at radius 3 is 2.36 bits per heavy atom. The summed E-state index contributed by atoms with van der Waals surface area (Å²) in [7, 11) is 0. The minimum Gasteiger partial charge on any atom is -0.508 e. The molecule has 178 valence electrons. The van der Waals surface area contributed by atoms with Crippen LogP contribution in [0, 0.1) is 0 Å². The summed E-state index contributed by atoms with van der Waals surface area (Å²) in [5.74, 6) is -0.646. The van der Waals surface area contributed by atoms with Gasteiger partial charge in [0.2, 0.25) is 5.91 Å². The summed E-state index contributed by atoms with van der Waals surface area (Å²) in [5, 5.41) is 19.7. The maximum atomic E-state index is 13.3. The smallest absolute Gasteiger partial charge is 0.435 e. The van der Waals surface area contributed by atoms with Gasteiger partial charge in [-0.25, -0.2) is 0 Å². The van der Waals surface area contributed by atoms with E-state index in [1.165, 1.54) is 4.79 Å². The third-order valence-corrected chi connectivity index (χ3v) is 5.47. The molecule has 1 amide bonds. The highest BCUT2D eigenvalue weighted by atomic mass is 19.4. The van der Waals surface area contributed by atoms with Crippen molar-refractivity contribution >= 4 is 16.7 Å². The Balaban J connectivity index is 1.79. The molecule has 1 unspecified atom stereocenters. The van der Waals surface area contributed by atoms with Crippen LogP contribution in [0.3, 0.4) is 0 Å². The number of nitrogens with one attached hydrogen (secondary N) is 1. The molecule has 0 bridgehead atoms. The molecule has 0 saturated carbocycles. The minimum absolute atomic E-state index is 0.0718. The van der Waals surface area contributed by atoms with E-state index in [9.17, 15) is 23.1 Å². The molecule has 0 spiro atoms. The fourth-order valence-corrected chi connectivity index (χ4v) is 3.74. The zero-order valence-electron chi connectivity index (χ0n) is 19.0. The molecule has 0 saturated heterocycles. The van der Waals surface area contributed by atoms with Crippen LogP contribution in [0.1, 0.15) is 56.5 Å².